The maximum absolute atomic E-state index is 12.4. The number of thiophene rings is 1. The van der Waals surface area contributed by atoms with Crippen LogP contribution in [0, 0.1) is 5.92 Å². The lowest BCUT2D eigenvalue weighted by atomic mass is 9.90. The highest BCUT2D eigenvalue weighted by atomic mass is 32.1. The zero-order valence-electron chi connectivity index (χ0n) is 13.7. The zero-order valence-corrected chi connectivity index (χ0v) is 14.5. The van der Waals surface area contributed by atoms with E-state index in [9.17, 15) is 4.79 Å². The van der Waals surface area contributed by atoms with Crippen LogP contribution >= 0.6 is 11.3 Å². The van der Waals surface area contributed by atoms with Crippen LogP contribution in [0.15, 0.2) is 30.3 Å². The zero-order chi connectivity index (χ0) is 16.5. The van der Waals surface area contributed by atoms with Crippen molar-refractivity contribution in [2.24, 2.45) is 5.92 Å². The first-order chi connectivity index (χ1) is 11.7. The van der Waals surface area contributed by atoms with E-state index in [-0.39, 0.29) is 12.0 Å². The lowest BCUT2D eigenvalue weighted by Gasteiger charge is -2.26. The first kappa shape index (κ1) is 15.5. The number of fused-ring (bicyclic) bond motifs is 2. The molecular formula is C19H21NO3S. The number of amides is 1. The van der Waals surface area contributed by atoms with Crippen molar-refractivity contribution in [3.8, 4) is 11.5 Å². The van der Waals surface area contributed by atoms with Crippen LogP contribution in [0.5, 0.6) is 11.5 Å². The second-order valence-corrected chi connectivity index (χ2v) is 7.75. The van der Waals surface area contributed by atoms with Gasteiger partial charge >= 0.3 is 0 Å². The minimum atomic E-state index is -0.154. The third-order valence-corrected chi connectivity index (χ3v) is 5.85. The van der Waals surface area contributed by atoms with Gasteiger partial charge in [0, 0.05) is 4.88 Å². The number of aryl methyl sites for hydroxylation is 1. The van der Waals surface area contributed by atoms with Gasteiger partial charge in [-0.15, -0.1) is 11.3 Å². The first-order valence-electron chi connectivity index (χ1n) is 8.47. The molecule has 0 saturated heterocycles. The lowest BCUT2D eigenvalue weighted by Crippen LogP contribution is -2.40. The molecule has 5 heteroatoms. The standard InChI is InChI=1S/C19H21NO3S/c1-12-6-7-17-13(8-12)9-18(24-17)19(21)20-10-14-11-22-15-4-2-3-5-16(15)23-14/h2-5,9,12,14H,6-8,10-11H2,1H3,(H,20,21)/t12-,14+/m0/s1. The number of rotatable bonds is 3. The molecule has 1 aliphatic carbocycles. The number of hydrogen-bond donors (Lipinski definition) is 1. The second kappa shape index (κ2) is 6.48. The highest BCUT2D eigenvalue weighted by Crippen LogP contribution is 2.32. The van der Waals surface area contributed by atoms with Crippen LogP contribution < -0.4 is 14.8 Å². The van der Waals surface area contributed by atoms with Crippen molar-refractivity contribution >= 4 is 17.2 Å². The topological polar surface area (TPSA) is 47.6 Å². The van der Waals surface area contributed by atoms with Gasteiger partial charge in [0.25, 0.3) is 5.91 Å². The molecule has 0 saturated carbocycles. The van der Waals surface area contributed by atoms with Gasteiger partial charge in [0.2, 0.25) is 0 Å². The number of para-hydroxylation sites is 2. The number of benzene rings is 1. The molecular weight excluding hydrogens is 322 g/mol. The number of hydrogen-bond acceptors (Lipinski definition) is 4. The van der Waals surface area contributed by atoms with E-state index in [0.717, 1.165) is 35.1 Å². The Kier molecular flexibility index (Phi) is 4.19. The van der Waals surface area contributed by atoms with E-state index in [0.29, 0.717) is 13.2 Å². The van der Waals surface area contributed by atoms with E-state index in [1.54, 1.807) is 11.3 Å². The average Bonchev–Trinajstić information content (AvgIpc) is 3.02. The summed E-state index contributed by atoms with van der Waals surface area (Å²) in [6.07, 6.45) is 3.26. The second-order valence-electron chi connectivity index (χ2n) is 6.61. The third kappa shape index (κ3) is 3.13. The van der Waals surface area contributed by atoms with Gasteiger partial charge in [0.05, 0.1) is 11.4 Å². The van der Waals surface area contributed by atoms with Gasteiger partial charge in [0.1, 0.15) is 12.7 Å². The van der Waals surface area contributed by atoms with Crippen LogP contribution in [-0.2, 0) is 12.8 Å². The summed E-state index contributed by atoms with van der Waals surface area (Å²) in [6.45, 7) is 3.18. The molecule has 1 N–H and O–H groups in total. The molecule has 126 valence electrons. The van der Waals surface area contributed by atoms with E-state index in [1.165, 1.54) is 16.9 Å². The Bertz CT molecular complexity index is 755. The largest absolute Gasteiger partial charge is 0.486 e. The number of carbonyl (C=O) groups excluding carboxylic acids is 1. The molecule has 0 unspecified atom stereocenters. The molecule has 24 heavy (non-hydrogen) atoms. The number of nitrogens with one attached hydrogen (secondary N) is 1. The molecule has 2 aromatic rings. The Morgan fingerprint density at radius 3 is 3.04 bits per heavy atom. The molecule has 1 amide bonds. The molecule has 2 heterocycles. The predicted octanol–water partition coefficient (Wildman–Crippen LogP) is 3.44. The van der Waals surface area contributed by atoms with Crippen LogP contribution in [0.3, 0.4) is 0 Å². The Hall–Kier alpha value is -2.01. The molecule has 0 spiro atoms. The SMILES string of the molecule is C[C@H]1CCc2sc(C(=O)NC[C@@H]3COc4ccccc4O3)cc2C1. The fraction of sp³-hybridized carbons (Fsp3) is 0.421. The van der Waals surface area contributed by atoms with Gasteiger partial charge in [-0.1, -0.05) is 19.1 Å². The molecule has 4 nitrogen and oxygen atoms in total. The van der Waals surface area contributed by atoms with Crippen molar-refractivity contribution in [3.05, 3.63) is 45.6 Å². The number of ether oxygens (including phenoxy) is 2. The van der Waals surface area contributed by atoms with E-state index in [1.807, 2.05) is 24.3 Å². The summed E-state index contributed by atoms with van der Waals surface area (Å²) in [5.74, 6) is 2.21. The quantitative estimate of drug-likeness (QED) is 0.929. The minimum absolute atomic E-state index is 0.00971. The van der Waals surface area contributed by atoms with Gasteiger partial charge < -0.3 is 14.8 Å². The monoisotopic (exact) mass is 343 g/mol. The predicted molar refractivity (Wildman–Crippen MR) is 94.2 cm³/mol. The summed E-state index contributed by atoms with van der Waals surface area (Å²) in [4.78, 5) is 14.6. The van der Waals surface area contributed by atoms with E-state index < -0.39 is 0 Å². The van der Waals surface area contributed by atoms with Crippen LogP contribution in [0.25, 0.3) is 0 Å². The summed E-state index contributed by atoms with van der Waals surface area (Å²) in [6, 6.07) is 9.68. The fourth-order valence-corrected chi connectivity index (χ4v) is 4.40. The first-order valence-corrected chi connectivity index (χ1v) is 9.29. The molecule has 2 atom stereocenters. The summed E-state index contributed by atoms with van der Waals surface area (Å²) in [5.41, 5.74) is 1.36. The Labute approximate surface area is 145 Å². The van der Waals surface area contributed by atoms with Gasteiger partial charge in [-0.05, 0) is 48.9 Å². The van der Waals surface area contributed by atoms with Gasteiger partial charge in [-0.2, -0.15) is 0 Å². The summed E-state index contributed by atoms with van der Waals surface area (Å²) >= 11 is 1.64. The Morgan fingerprint density at radius 1 is 1.33 bits per heavy atom. The lowest BCUT2D eigenvalue weighted by molar-refractivity contribution is 0.0791. The minimum Gasteiger partial charge on any atom is -0.486 e. The molecule has 4 rings (SSSR count). The van der Waals surface area contributed by atoms with Gasteiger partial charge in [0.15, 0.2) is 11.5 Å². The van der Waals surface area contributed by atoms with Gasteiger partial charge in [-0.3, -0.25) is 4.79 Å². The van der Waals surface area contributed by atoms with Crippen LogP contribution in [0.2, 0.25) is 0 Å². The smallest absolute Gasteiger partial charge is 0.261 e. The number of carbonyl (C=O) groups is 1. The highest BCUT2D eigenvalue weighted by Gasteiger charge is 2.23. The third-order valence-electron chi connectivity index (χ3n) is 4.61. The normalized spacial score (nSPS) is 21.9. The van der Waals surface area contributed by atoms with Crippen molar-refractivity contribution < 1.29 is 14.3 Å². The fourth-order valence-electron chi connectivity index (χ4n) is 3.28. The molecule has 0 fully saturated rings. The van der Waals surface area contributed by atoms with Crippen LogP contribution in [0.4, 0.5) is 0 Å². The van der Waals surface area contributed by atoms with Gasteiger partial charge in [-0.25, -0.2) is 0 Å². The Morgan fingerprint density at radius 2 is 2.17 bits per heavy atom. The van der Waals surface area contributed by atoms with Crippen LogP contribution in [0.1, 0.15) is 33.5 Å². The van der Waals surface area contributed by atoms with Crippen LogP contribution in [-0.4, -0.2) is 25.2 Å². The Balaban J connectivity index is 1.36. The van der Waals surface area contributed by atoms with E-state index in [2.05, 4.69) is 18.3 Å². The van der Waals surface area contributed by atoms with Crippen molar-refractivity contribution in [2.75, 3.05) is 13.2 Å². The van der Waals surface area contributed by atoms with E-state index >= 15 is 0 Å². The average molecular weight is 343 g/mol. The summed E-state index contributed by atoms with van der Waals surface area (Å²) < 4.78 is 11.6. The summed E-state index contributed by atoms with van der Waals surface area (Å²) in [5, 5.41) is 2.99. The molecule has 1 aliphatic heterocycles. The molecule has 1 aromatic heterocycles. The van der Waals surface area contributed by atoms with Crippen molar-refractivity contribution in [3.63, 3.8) is 0 Å². The van der Waals surface area contributed by atoms with Crippen molar-refractivity contribution in [1.82, 2.24) is 5.32 Å². The maximum Gasteiger partial charge on any atom is 0.261 e. The molecule has 0 bridgehead atoms. The maximum atomic E-state index is 12.4. The van der Waals surface area contributed by atoms with Crippen molar-refractivity contribution in [1.29, 1.82) is 0 Å². The molecule has 1 aromatic carbocycles. The molecule has 2 aliphatic rings. The highest BCUT2D eigenvalue weighted by molar-refractivity contribution is 7.14. The summed E-state index contributed by atoms with van der Waals surface area (Å²) in [7, 11) is 0. The van der Waals surface area contributed by atoms with Crippen molar-refractivity contribution in [2.45, 2.75) is 32.3 Å². The molecule has 0 radical (unpaired) electrons. The van der Waals surface area contributed by atoms with E-state index in [4.69, 9.17) is 9.47 Å².